The minimum atomic E-state index is -0.447. The average molecular weight is 308 g/mol. The smallest absolute Gasteiger partial charge is 0.261 e. The molecule has 0 aliphatic heterocycles. The first kappa shape index (κ1) is 14.5. The van der Waals surface area contributed by atoms with Crippen molar-refractivity contribution in [1.82, 2.24) is 5.32 Å². The van der Waals surface area contributed by atoms with Crippen LogP contribution in [0.4, 0.5) is 5.00 Å². The zero-order valence-electron chi connectivity index (χ0n) is 11.8. The molecule has 5 nitrogen and oxygen atoms in total. The van der Waals surface area contributed by atoms with Gasteiger partial charge < -0.3 is 15.7 Å². The maximum Gasteiger partial charge on any atom is 0.261 e. The highest BCUT2D eigenvalue weighted by molar-refractivity contribution is 7.18. The van der Waals surface area contributed by atoms with Crippen LogP contribution in [0.3, 0.4) is 0 Å². The molecule has 21 heavy (non-hydrogen) atoms. The number of thiophene rings is 1. The van der Waals surface area contributed by atoms with E-state index in [-0.39, 0.29) is 23.8 Å². The molecule has 0 radical (unpaired) electrons. The molecule has 0 unspecified atom stereocenters. The lowest BCUT2D eigenvalue weighted by Gasteiger charge is -2.28. The second kappa shape index (κ2) is 6.15. The molecule has 2 amide bonds. The second-order valence-electron chi connectivity index (χ2n) is 5.86. The number of hydrogen-bond acceptors (Lipinski definition) is 4. The van der Waals surface area contributed by atoms with E-state index < -0.39 is 6.10 Å². The molecule has 2 aliphatic carbocycles. The van der Waals surface area contributed by atoms with Gasteiger partial charge in [-0.1, -0.05) is 12.8 Å². The molecule has 6 heteroatoms. The summed E-state index contributed by atoms with van der Waals surface area (Å²) in [6.07, 6.45) is 5.10. The Hall–Kier alpha value is -1.40. The molecule has 1 aromatic heterocycles. The number of nitrogens with one attached hydrogen (secondary N) is 2. The molecule has 0 aromatic carbocycles. The van der Waals surface area contributed by atoms with Crippen molar-refractivity contribution in [2.24, 2.45) is 5.92 Å². The Morgan fingerprint density at radius 1 is 1.14 bits per heavy atom. The zero-order valence-corrected chi connectivity index (χ0v) is 12.6. The van der Waals surface area contributed by atoms with Crippen molar-refractivity contribution in [3.05, 3.63) is 17.0 Å². The van der Waals surface area contributed by atoms with Crippen LogP contribution in [0, 0.1) is 5.92 Å². The first-order chi connectivity index (χ1) is 10.1. The normalized spacial score (nSPS) is 25.4. The molecule has 1 heterocycles. The third-order valence-electron chi connectivity index (χ3n) is 4.07. The quantitative estimate of drug-likeness (QED) is 0.797. The highest BCUT2D eigenvalue weighted by Gasteiger charge is 2.30. The summed E-state index contributed by atoms with van der Waals surface area (Å²) < 4.78 is 0. The van der Waals surface area contributed by atoms with Crippen molar-refractivity contribution in [3.63, 3.8) is 0 Å². The molecule has 2 atom stereocenters. The van der Waals surface area contributed by atoms with Gasteiger partial charge in [-0.25, -0.2) is 0 Å². The number of anilines is 1. The van der Waals surface area contributed by atoms with Gasteiger partial charge in [0.15, 0.2) is 0 Å². The summed E-state index contributed by atoms with van der Waals surface area (Å²) in [5.41, 5.74) is 0. The van der Waals surface area contributed by atoms with Crippen molar-refractivity contribution >= 4 is 28.2 Å². The van der Waals surface area contributed by atoms with Gasteiger partial charge in [0.05, 0.1) is 22.0 Å². The Labute approximate surface area is 127 Å². The SMILES string of the molecule is O=C(N[C@H]1CCCC[C@@H]1O)c1ccc(NC(=O)C2CC2)s1. The molecule has 2 aliphatic rings. The molecule has 1 aromatic rings. The molecular weight excluding hydrogens is 288 g/mol. The van der Waals surface area contributed by atoms with Gasteiger partial charge in [-0.2, -0.15) is 0 Å². The van der Waals surface area contributed by atoms with Crippen molar-refractivity contribution in [2.45, 2.75) is 50.7 Å². The van der Waals surface area contributed by atoms with E-state index in [0.29, 0.717) is 9.88 Å². The minimum absolute atomic E-state index is 0.0477. The fourth-order valence-electron chi connectivity index (χ4n) is 2.62. The first-order valence-corrected chi connectivity index (χ1v) is 8.35. The molecule has 3 rings (SSSR count). The Morgan fingerprint density at radius 2 is 1.90 bits per heavy atom. The van der Waals surface area contributed by atoms with E-state index in [1.165, 1.54) is 11.3 Å². The van der Waals surface area contributed by atoms with Crippen molar-refractivity contribution in [3.8, 4) is 0 Å². The van der Waals surface area contributed by atoms with Gasteiger partial charge in [-0.15, -0.1) is 11.3 Å². The van der Waals surface area contributed by atoms with Crippen molar-refractivity contribution in [2.75, 3.05) is 5.32 Å². The molecular formula is C15H20N2O3S. The van der Waals surface area contributed by atoms with Gasteiger partial charge >= 0.3 is 0 Å². The third kappa shape index (κ3) is 3.63. The molecule has 0 saturated heterocycles. The van der Waals surface area contributed by atoms with E-state index in [9.17, 15) is 14.7 Å². The second-order valence-corrected chi connectivity index (χ2v) is 6.94. The Balaban J connectivity index is 1.57. The number of carbonyl (C=O) groups is 2. The van der Waals surface area contributed by atoms with E-state index in [1.54, 1.807) is 12.1 Å². The third-order valence-corrected chi connectivity index (χ3v) is 5.07. The number of hydrogen-bond donors (Lipinski definition) is 3. The van der Waals surface area contributed by atoms with Crippen LogP contribution in [-0.2, 0) is 4.79 Å². The zero-order chi connectivity index (χ0) is 14.8. The van der Waals surface area contributed by atoms with E-state index in [0.717, 1.165) is 38.5 Å². The largest absolute Gasteiger partial charge is 0.391 e. The standard InChI is InChI=1S/C15H20N2O3S/c18-11-4-2-1-3-10(11)16-15(20)12-7-8-13(21-12)17-14(19)9-5-6-9/h7-11,18H,1-6H2,(H,16,20)(H,17,19)/t10-,11-/m0/s1. The van der Waals surface area contributed by atoms with Crippen molar-refractivity contribution < 1.29 is 14.7 Å². The van der Waals surface area contributed by atoms with Gasteiger partial charge in [-0.3, -0.25) is 9.59 Å². The van der Waals surface area contributed by atoms with Crippen LogP contribution < -0.4 is 10.6 Å². The fourth-order valence-corrected chi connectivity index (χ4v) is 3.43. The lowest BCUT2D eigenvalue weighted by atomic mass is 9.92. The Bertz CT molecular complexity index is 539. The summed E-state index contributed by atoms with van der Waals surface area (Å²) in [4.78, 5) is 24.4. The number of aliphatic hydroxyl groups is 1. The molecule has 3 N–H and O–H groups in total. The molecule has 2 fully saturated rings. The predicted molar refractivity (Wildman–Crippen MR) is 81.4 cm³/mol. The fraction of sp³-hybridized carbons (Fsp3) is 0.600. The monoisotopic (exact) mass is 308 g/mol. The van der Waals surface area contributed by atoms with Crippen LogP contribution in [-0.4, -0.2) is 29.1 Å². The van der Waals surface area contributed by atoms with Crippen molar-refractivity contribution in [1.29, 1.82) is 0 Å². The highest BCUT2D eigenvalue weighted by Crippen LogP contribution is 2.31. The highest BCUT2D eigenvalue weighted by atomic mass is 32.1. The van der Waals surface area contributed by atoms with Gasteiger partial charge in [-0.05, 0) is 37.8 Å². The minimum Gasteiger partial charge on any atom is -0.391 e. The maximum absolute atomic E-state index is 12.2. The summed E-state index contributed by atoms with van der Waals surface area (Å²) in [6, 6.07) is 3.33. The van der Waals surface area contributed by atoms with E-state index in [4.69, 9.17) is 0 Å². The number of rotatable bonds is 4. The van der Waals surface area contributed by atoms with Gasteiger partial charge in [0.2, 0.25) is 5.91 Å². The Kier molecular flexibility index (Phi) is 4.26. The maximum atomic E-state index is 12.2. The van der Waals surface area contributed by atoms with E-state index in [2.05, 4.69) is 10.6 Å². The summed E-state index contributed by atoms with van der Waals surface area (Å²) in [5, 5.41) is 16.3. The Morgan fingerprint density at radius 3 is 2.62 bits per heavy atom. The molecule has 0 spiro atoms. The first-order valence-electron chi connectivity index (χ1n) is 7.53. The number of carbonyl (C=O) groups excluding carboxylic acids is 2. The van der Waals surface area contributed by atoms with Crippen LogP contribution in [0.1, 0.15) is 48.2 Å². The van der Waals surface area contributed by atoms with Crippen LogP contribution in [0.25, 0.3) is 0 Å². The van der Waals surface area contributed by atoms with Gasteiger partial charge in [0.1, 0.15) is 0 Å². The lowest BCUT2D eigenvalue weighted by molar-refractivity contribution is -0.117. The van der Waals surface area contributed by atoms with Crippen LogP contribution >= 0.6 is 11.3 Å². The van der Waals surface area contributed by atoms with Gasteiger partial charge in [0.25, 0.3) is 5.91 Å². The van der Waals surface area contributed by atoms with Crippen LogP contribution in [0.2, 0.25) is 0 Å². The lowest BCUT2D eigenvalue weighted by Crippen LogP contribution is -2.44. The average Bonchev–Trinajstić information content (AvgIpc) is 3.22. The number of aliphatic hydroxyl groups excluding tert-OH is 1. The van der Waals surface area contributed by atoms with Crippen LogP contribution in [0.15, 0.2) is 12.1 Å². The van der Waals surface area contributed by atoms with E-state index >= 15 is 0 Å². The number of amides is 2. The summed E-state index contributed by atoms with van der Waals surface area (Å²) in [5.74, 6) is 0.0335. The predicted octanol–water partition coefficient (Wildman–Crippen LogP) is 2.13. The van der Waals surface area contributed by atoms with E-state index in [1.807, 2.05) is 0 Å². The van der Waals surface area contributed by atoms with Crippen LogP contribution in [0.5, 0.6) is 0 Å². The topological polar surface area (TPSA) is 78.4 Å². The summed E-state index contributed by atoms with van der Waals surface area (Å²) in [6.45, 7) is 0. The molecule has 0 bridgehead atoms. The molecule has 2 saturated carbocycles. The van der Waals surface area contributed by atoms with Gasteiger partial charge in [0, 0.05) is 5.92 Å². The summed E-state index contributed by atoms with van der Waals surface area (Å²) in [7, 11) is 0. The summed E-state index contributed by atoms with van der Waals surface area (Å²) >= 11 is 1.28. The molecule has 114 valence electrons.